The molecule has 0 saturated heterocycles. The van der Waals surface area contributed by atoms with Gasteiger partial charge in [0.15, 0.2) is 4.73 Å². The number of oxime groups is 1. The second-order valence-corrected chi connectivity index (χ2v) is 5.41. The standard InChI is InChI=1S/C7H8Br3N3O/c1-7(2,3-11-14)13-5(9)4(8)12-6(13)10/h3,14H,1-2H3. The van der Waals surface area contributed by atoms with Crippen molar-refractivity contribution in [2.45, 2.75) is 19.4 Å². The van der Waals surface area contributed by atoms with Crippen molar-refractivity contribution in [3.8, 4) is 0 Å². The average Bonchev–Trinajstić information content (AvgIpc) is 2.26. The Morgan fingerprint density at radius 3 is 2.36 bits per heavy atom. The van der Waals surface area contributed by atoms with E-state index in [2.05, 4.69) is 57.9 Å². The minimum absolute atomic E-state index is 0.467. The molecule has 0 unspecified atom stereocenters. The van der Waals surface area contributed by atoms with Crippen LogP contribution in [0.1, 0.15) is 13.8 Å². The maximum absolute atomic E-state index is 8.55. The Morgan fingerprint density at radius 2 is 2.00 bits per heavy atom. The molecule has 0 fully saturated rings. The van der Waals surface area contributed by atoms with Crippen LogP contribution in [-0.2, 0) is 5.54 Å². The number of rotatable bonds is 2. The van der Waals surface area contributed by atoms with Crippen molar-refractivity contribution in [3.63, 3.8) is 0 Å². The number of aromatic nitrogens is 2. The Hall–Kier alpha value is 0.120. The monoisotopic (exact) mass is 387 g/mol. The van der Waals surface area contributed by atoms with Crippen molar-refractivity contribution < 1.29 is 5.21 Å². The number of imidazole rings is 1. The van der Waals surface area contributed by atoms with Crippen LogP contribution in [0.15, 0.2) is 19.1 Å². The van der Waals surface area contributed by atoms with Crippen LogP contribution in [0.2, 0.25) is 0 Å². The minimum atomic E-state index is -0.467. The van der Waals surface area contributed by atoms with Gasteiger partial charge in [0.2, 0.25) is 0 Å². The van der Waals surface area contributed by atoms with Crippen molar-refractivity contribution in [1.29, 1.82) is 0 Å². The zero-order valence-corrected chi connectivity index (χ0v) is 12.3. The van der Waals surface area contributed by atoms with E-state index in [-0.39, 0.29) is 0 Å². The van der Waals surface area contributed by atoms with Gasteiger partial charge in [-0.1, -0.05) is 5.16 Å². The maximum atomic E-state index is 8.55. The first-order valence-electron chi connectivity index (χ1n) is 3.68. The molecule has 0 amide bonds. The van der Waals surface area contributed by atoms with Crippen LogP contribution >= 0.6 is 47.8 Å². The van der Waals surface area contributed by atoms with Crippen LogP contribution in [0.3, 0.4) is 0 Å². The van der Waals surface area contributed by atoms with E-state index in [1.54, 1.807) is 0 Å². The van der Waals surface area contributed by atoms with E-state index >= 15 is 0 Å². The van der Waals surface area contributed by atoms with Crippen LogP contribution in [-0.4, -0.2) is 21.0 Å². The zero-order chi connectivity index (χ0) is 10.9. The van der Waals surface area contributed by atoms with Crippen LogP contribution in [0.4, 0.5) is 0 Å². The fraction of sp³-hybridized carbons (Fsp3) is 0.429. The summed E-state index contributed by atoms with van der Waals surface area (Å²) in [6, 6.07) is 0. The van der Waals surface area contributed by atoms with Crippen molar-refractivity contribution in [1.82, 2.24) is 9.55 Å². The number of halogens is 3. The Balaban J connectivity index is 3.31. The fourth-order valence-corrected chi connectivity index (χ4v) is 3.39. The first-order chi connectivity index (χ1) is 6.40. The smallest absolute Gasteiger partial charge is 0.179 e. The van der Waals surface area contributed by atoms with Crippen LogP contribution < -0.4 is 0 Å². The first kappa shape index (κ1) is 12.2. The molecule has 1 aromatic rings. The molecule has 0 saturated carbocycles. The highest BCUT2D eigenvalue weighted by molar-refractivity contribution is 9.13. The van der Waals surface area contributed by atoms with Crippen LogP contribution in [0, 0.1) is 0 Å². The van der Waals surface area contributed by atoms with E-state index in [0.717, 1.165) is 4.60 Å². The SMILES string of the molecule is CC(C)(C=NO)n1c(Br)nc(Br)c1Br. The predicted octanol–water partition coefficient (Wildman–Crippen LogP) is 3.37. The molecule has 0 aliphatic rings. The molecular weight excluding hydrogens is 382 g/mol. The van der Waals surface area contributed by atoms with E-state index in [1.807, 2.05) is 18.4 Å². The fourth-order valence-electron chi connectivity index (χ4n) is 1.04. The number of hydrogen-bond donors (Lipinski definition) is 1. The van der Waals surface area contributed by atoms with Gasteiger partial charge in [-0.3, -0.25) is 0 Å². The van der Waals surface area contributed by atoms with E-state index in [0.29, 0.717) is 9.34 Å². The van der Waals surface area contributed by atoms with E-state index in [1.165, 1.54) is 6.21 Å². The Morgan fingerprint density at radius 1 is 1.43 bits per heavy atom. The van der Waals surface area contributed by atoms with Crippen molar-refractivity contribution >= 4 is 54.0 Å². The second kappa shape index (κ2) is 4.32. The third kappa shape index (κ3) is 2.20. The average molecular weight is 390 g/mol. The van der Waals surface area contributed by atoms with Gasteiger partial charge in [0.05, 0.1) is 11.8 Å². The highest BCUT2D eigenvalue weighted by atomic mass is 79.9. The van der Waals surface area contributed by atoms with Gasteiger partial charge in [-0.25, -0.2) is 4.98 Å². The molecule has 14 heavy (non-hydrogen) atoms. The third-order valence-corrected chi connectivity index (χ3v) is 4.04. The first-order valence-corrected chi connectivity index (χ1v) is 6.06. The Bertz CT molecular complexity index is 373. The summed E-state index contributed by atoms with van der Waals surface area (Å²) < 4.78 is 3.98. The molecule has 1 rings (SSSR count). The van der Waals surface area contributed by atoms with Gasteiger partial charge in [0, 0.05) is 0 Å². The molecule has 0 bridgehead atoms. The summed E-state index contributed by atoms with van der Waals surface area (Å²) in [6.45, 7) is 3.80. The summed E-state index contributed by atoms with van der Waals surface area (Å²) in [5.74, 6) is 0. The summed E-state index contributed by atoms with van der Waals surface area (Å²) >= 11 is 10.0. The van der Waals surface area contributed by atoms with Gasteiger partial charge in [-0.2, -0.15) is 0 Å². The molecule has 78 valence electrons. The lowest BCUT2D eigenvalue weighted by Crippen LogP contribution is -2.28. The lowest BCUT2D eigenvalue weighted by atomic mass is 10.1. The van der Waals surface area contributed by atoms with Crippen molar-refractivity contribution in [3.05, 3.63) is 13.9 Å². The lowest BCUT2D eigenvalue weighted by molar-refractivity contribution is 0.312. The second-order valence-electron chi connectivity index (χ2n) is 3.20. The molecule has 7 heteroatoms. The summed E-state index contributed by atoms with van der Waals surface area (Å²) in [6.07, 6.45) is 1.43. The molecule has 4 nitrogen and oxygen atoms in total. The quantitative estimate of drug-likeness (QED) is 0.479. The molecule has 1 aromatic heterocycles. The van der Waals surface area contributed by atoms with E-state index in [9.17, 15) is 0 Å². The topological polar surface area (TPSA) is 50.4 Å². The normalized spacial score (nSPS) is 12.6. The summed E-state index contributed by atoms with van der Waals surface area (Å²) in [7, 11) is 0. The third-order valence-electron chi connectivity index (χ3n) is 1.69. The van der Waals surface area contributed by atoms with Gasteiger partial charge >= 0.3 is 0 Å². The van der Waals surface area contributed by atoms with Gasteiger partial charge < -0.3 is 9.77 Å². The summed E-state index contributed by atoms with van der Waals surface area (Å²) in [5, 5.41) is 11.6. The minimum Gasteiger partial charge on any atom is -0.411 e. The number of nitrogens with zero attached hydrogens (tertiary/aromatic N) is 3. The largest absolute Gasteiger partial charge is 0.411 e. The van der Waals surface area contributed by atoms with E-state index in [4.69, 9.17) is 5.21 Å². The van der Waals surface area contributed by atoms with Gasteiger partial charge in [0.1, 0.15) is 9.21 Å². The molecule has 0 radical (unpaired) electrons. The molecule has 1 N–H and O–H groups in total. The lowest BCUT2D eigenvalue weighted by Gasteiger charge is -2.22. The van der Waals surface area contributed by atoms with Crippen molar-refractivity contribution in [2.75, 3.05) is 0 Å². The maximum Gasteiger partial charge on any atom is 0.179 e. The zero-order valence-electron chi connectivity index (χ0n) is 7.50. The van der Waals surface area contributed by atoms with Crippen molar-refractivity contribution in [2.24, 2.45) is 5.16 Å². The molecule has 0 aliphatic heterocycles. The molecule has 1 heterocycles. The highest BCUT2D eigenvalue weighted by Crippen LogP contribution is 2.32. The van der Waals surface area contributed by atoms with Crippen LogP contribution in [0.25, 0.3) is 0 Å². The Labute approximate surface area is 107 Å². The molecule has 0 aliphatic carbocycles. The predicted molar refractivity (Wildman–Crippen MR) is 64.9 cm³/mol. The van der Waals surface area contributed by atoms with Gasteiger partial charge in [0.25, 0.3) is 0 Å². The molecule has 0 atom stereocenters. The van der Waals surface area contributed by atoms with E-state index < -0.39 is 5.54 Å². The molecule has 0 aromatic carbocycles. The van der Waals surface area contributed by atoms with Gasteiger partial charge in [-0.05, 0) is 61.6 Å². The highest BCUT2D eigenvalue weighted by Gasteiger charge is 2.25. The number of hydrogen-bond acceptors (Lipinski definition) is 3. The summed E-state index contributed by atoms with van der Waals surface area (Å²) in [5.41, 5.74) is -0.467. The molecule has 0 spiro atoms. The van der Waals surface area contributed by atoms with Crippen LogP contribution in [0.5, 0.6) is 0 Å². The van der Waals surface area contributed by atoms with Gasteiger partial charge in [-0.15, -0.1) is 0 Å². The molecular formula is C7H8Br3N3O. The Kier molecular flexibility index (Phi) is 3.76. The summed E-state index contributed by atoms with van der Waals surface area (Å²) in [4.78, 5) is 4.17.